The third kappa shape index (κ3) is 2.94. The third-order valence-corrected chi connectivity index (χ3v) is 7.76. The van der Waals surface area contributed by atoms with Gasteiger partial charge < -0.3 is 9.84 Å². The maximum atomic E-state index is 11.5. The van der Waals surface area contributed by atoms with Crippen LogP contribution in [0.2, 0.25) is 0 Å². The number of hydrogen-bond acceptors (Lipinski definition) is 3. The van der Waals surface area contributed by atoms with Gasteiger partial charge in [-0.1, -0.05) is 32.4 Å². The number of esters is 1. The molecular formula is C21H34O3. The van der Waals surface area contributed by atoms with E-state index in [0.717, 1.165) is 31.6 Å². The summed E-state index contributed by atoms with van der Waals surface area (Å²) in [5.74, 6) is 2.98. The quantitative estimate of drug-likeness (QED) is 0.603. The van der Waals surface area contributed by atoms with E-state index in [9.17, 15) is 9.90 Å². The first-order valence-corrected chi connectivity index (χ1v) is 9.80. The minimum absolute atomic E-state index is 0.0308. The van der Waals surface area contributed by atoms with Gasteiger partial charge in [0.15, 0.2) is 0 Å². The molecule has 8 atom stereocenters. The first-order chi connectivity index (χ1) is 11.2. The van der Waals surface area contributed by atoms with Crippen LogP contribution < -0.4 is 0 Å². The van der Waals surface area contributed by atoms with Crippen LogP contribution in [0.3, 0.4) is 0 Å². The smallest absolute Gasteiger partial charge is 0.302 e. The van der Waals surface area contributed by atoms with E-state index in [0.29, 0.717) is 23.7 Å². The molecule has 3 nitrogen and oxygen atoms in total. The Morgan fingerprint density at radius 1 is 1.33 bits per heavy atom. The summed E-state index contributed by atoms with van der Waals surface area (Å²) in [6.07, 6.45) is 7.63. The third-order valence-electron chi connectivity index (χ3n) is 7.76. The molecule has 0 aromatic rings. The lowest BCUT2D eigenvalue weighted by Gasteiger charge is -2.56. The fourth-order valence-electron chi connectivity index (χ4n) is 6.19. The van der Waals surface area contributed by atoms with Gasteiger partial charge in [0.2, 0.25) is 0 Å². The van der Waals surface area contributed by atoms with E-state index in [1.807, 2.05) is 0 Å². The van der Waals surface area contributed by atoms with Crippen LogP contribution in [-0.4, -0.2) is 23.3 Å². The van der Waals surface area contributed by atoms with Gasteiger partial charge in [0.1, 0.15) is 6.10 Å². The van der Waals surface area contributed by atoms with Crippen LogP contribution in [0, 0.1) is 35.0 Å². The zero-order valence-electron chi connectivity index (χ0n) is 15.9. The Morgan fingerprint density at radius 2 is 2.04 bits per heavy atom. The Bertz CT molecular complexity index is 525. The summed E-state index contributed by atoms with van der Waals surface area (Å²) >= 11 is 0. The van der Waals surface area contributed by atoms with Crippen LogP contribution in [0.5, 0.6) is 0 Å². The van der Waals surface area contributed by atoms with E-state index in [1.165, 1.54) is 18.9 Å². The lowest BCUT2D eigenvalue weighted by atomic mass is 9.49. The van der Waals surface area contributed by atoms with Crippen molar-refractivity contribution in [1.29, 1.82) is 0 Å². The van der Waals surface area contributed by atoms with Crippen LogP contribution in [0.4, 0.5) is 0 Å². The maximum Gasteiger partial charge on any atom is 0.302 e. The largest absolute Gasteiger partial charge is 0.462 e. The molecule has 0 aromatic heterocycles. The molecule has 0 bridgehead atoms. The Balaban J connectivity index is 1.85. The van der Waals surface area contributed by atoms with Gasteiger partial charge >= 0.3 is 5.97 Å². The van der Waals surface area contributed by atoms with Crippen LogP contribution in [0.1, 0.15) is 66.7 Å². The first kappa shape index (κ1) is 18.0. The Hall–Kier alpha value is -0.830. The van der Waals surface area contributed by atoms with E-state index in [4.69, 9.17) is 4.74 Å². The van der Waals surface area contributed by atoms with Crippen molar-refractivity contribution in [3.05, 3.63) is 11.6 Å². The van der Waals surface area contributed by atoms with E-state index >= 15 is 0 Å². The summed E-state index contributed by atoms with van der Waals surface area (Å²) in [6, 6.07) is 0. The number of hydrogen-bond donors (Lipinski definition) is 1. The molecule has 0 amide bonds. The van der Waals surface area contributed by atoms with Gasteiger partial charge in [-0.3, -0.25) is 4.79 Å². The molecule has 3 aliphatic carbocycles. The summed E-state index contributed by atoms with van der Waals surface area (Å²) in [4.78, 5) is 11.5. The molecule has 0 heterocycles. The van der Waals surface area contributed by atoms with Crippen LogP contribution in [-0.2, 0) is 9.53 Å². The summed E-state index contributed by atoms with van der Waals surface area (Å²) in [7, 11) is 0. The van der Waals surface area contributed by atoms with Crippen LogP contribution >= 0.6 is 0 Å². The molecule has 2 saturated carbocycles. The predicted octanol–water partition coefficient (Wildman–Crippen LogP) is 4.34. The number of ether oxygens (including phenoxy) is 1. The second-order valence-corrected chi connectivity index (χ2v) is 8.97. The Morgan fingerprint density at radius 3 is 2.71 bits per heavy atom. The number of allylic oxidation sites excluding steroid dienone is 1. The molecule has 0 aromatic carbocycles. The molecule has 0 spiro atoms. The van der Waals surface area contributed by atoms with Crippen molar-refractivity contribution in [3.8, 4) is 0 Å². The van der Waals surface area contributed by atoms with Gasteiger partial charge in [-0.2, -0.15) is 0 Å². The summed E-state index contributed by atoms with van der Waals surface area (Å²) in [5.41, 5.74) is 1.58. The van der Waals surface area contributed by atoms with Crippen molar-refractivity contribution in [2.45, 2.75) is 78.9 Å². The molecule has 2 fully saturated rings. The first-order valence-electron chi connectivity index (χ1n) is 9.80. The minimum Gasteiger partial charge on any atom is -0.462 e. The van der Waals surface area contributed by atoms with Crippen molar-refractivity contribution in [2.75, 3.05) is 0 Å². The summed E-state index contributed by atoms with van der Waals surface area (Å²) in [6.45, 7) is 10.6. The van der Waals surface area contributed by atoms with E-state index in [-0.39, 0.29) is 23.6 Å². The zero-order valence-corrected chi connectivity index (χ0v) is 15.9. The molecule has 136 valence electrons. The topological polar surface area (TPSA) is 46.5 Å². The zero-order chi connectivity index (χ0) is 17.6. The highest BCUT2D eigenvalue weighted by Gasteiger charge is 2.53. The van der Waals surface area contributed by atoms with Crippen molar-refractivity contribution in [1.82, 2.24) is 0 Å². The van der Waals surface area contributed by atoms with Gasteiger partial charge in [0.25, 0.3) is 0 Å². The SMILES string of the molecule is CC(=O)OC(C)[C@@]1(C)CC[C@H]2[C@@H]([C@@H](C)C=C3C[C@@H](O)CC[C@@H]32)[C@@H]1C. The Kier molecular flexibility index (Phi) is 4.85. The van der Waals surface area contributed by atoms with Crippen LogP contribution in [0.15, 0.2) is 11.6 Å². The molecule has 0 saturated heterocycles. The number of carbonyl (C=O) groups excluding carboxylic acids is 1. The molecular weight excluding hydrogens is 300 g/mol. The molecule has 3 rings (SSSR count). The van der Waals surface area contributed by atoms with E-state index in [2.05, 4.69) is 33.8 Å². The van der Waals surface area contributed by atoms with Gasteiger partial charge in [-0.25, -0.2) is 0 Å². The van der Waals surface area contributed by atoms with Crippen molar-refractivity contribution in [3.63, 3.8) is 0 Å². The predicted molar refractivity (Wildman–Crippen MR) is 95.3 cm³/mol. The molecule has 3 aliphatic rings. The van der Waals surface area contributed by atoms with Gasteiger partial charge in [-0.15, -0.1) is 0 Å². The van der Waals surface area contributed by atoms with Gasteiger partial charge in [-0.05, 0) is 68.6 Å². The number of aliphatic hydroxyl groups is 1. The average molecular weight is 335 g/mol. The van der Waals surface area contributed by atoms with Crippen molar-refractivity contribution in [2.24, 2.45) is 35.0 Å². The minimum atomic E-state index is -0.168. The Labute approximate surface area is 146 Å². The van der Waals surface area contributed by atoms with Crippen molar-refractivity contribution >= 4 is 5.97 Å². The lowest BCUT2D eigenvalue weighted by molar-refractivity contribution is -0.161. The number of carbonyl (C=O) groups is 1. The van der Waals surface area contributed by atoms with E-state index in [1.54, 1.807) is 0 Å². The lowest BCUT2D eigenvalue weighted by Crippen LogP contribution is -2.52. The molecule has 1 unspecified atom stereocenters. The van der Waals surface area contributed by atoms with Crippen LogP contribution in [0.25, 0.3) is 0 Å². The molecule has 24 heavy (non-hydrogen) atoms. The normalized spacial score (nSPS) is 46.3. The summed E-state index contributed by atoms with van der Waals surface area (Å²) in [5, 5.41) is 10.0. The van der Waals surface area contributed by atoms with Gasteiger partial charge in [0.05, 0.1) is 6.10 Å². The number of rotatable bonds is 2. The second-order valence-electron chi connectivity index (χ2n) is 8.97. The van der Waals surface area contributed by atoms with Gasteiger partial charge in [0, 0.05) is 12.3 Å². The standard InChI is InChI=1S/C21H34O3/c1-12-10-16-11-17(23)6-7-18(16)19-8-9-21(5,13(2)20(12)19)14(3)24-15(4)22/h10,12-14,17-20,23H,6-9,11H2,1-5H3/t12-,13-,14?,17-,18-,19+,20-,21-/m0/s1. The highest BCUT2D eigenvalue weighted by Crippen LogP contribution is 2.58. The fraction of sp³-hybridized carbons (Fsp3) is 0.857. The highest BCUT2D eigenvalue weighted by molar-refractivity contribution is 5.66. The molecule has 0 radical (unpaired) electrons. The second kappa shape index (κ2) is 6.48. The number of aliphatic hydroxyl groups excluding tert-OH is 1. The molecule has 1 N–H and O–H groups in total. The molecule has 3 heteroatoms. The average Bonchev–Trinajstić information content (AvgIpc) is 2.49. The van der Waals surface area contributed by atoms with Crippen molar-refractivity contribution < 1.29 is 14.6 Å². The molecule has 0 aliphatic heterocycles. The summed E-state index contributed by atoms with van der Waals surface area (Å²) < 4.78 is 5.61. The highest BCUT2D eigenvalue weighted by atomic mass is 16.5. The number of fused-ring (bicyclic) bond motifs is 3. The monoisotopic (exact) mass is 334 g/mol. The van der Waals surface area contributed by atoms with E-state index < -0.39 is 0 Å². The fourth-order valence-corrected chi connectivity index (χ4v) is 6.19. The maximum absolute atomic E-state index is 11.5.